The van der Waals surface area contributed by atoms with Gasteiger partial charge in [0, 0.05) is 31.6 Å². The van der Waals surface area contributed by atoms with Gasteiger partial charge in [-0.25, -0.2) is 0 Å². The Kier molecular flexibility index (Phi) is 5.70. The molecule has 2 aromatic carbocycles. The van der Waals surface area contributed by atoms with Crippen molar-refractivity contribution in [3.05, 3.63) is 71.8 Å². The van der Waals surface area contributed by atoms with E-state index in [0.717, 1.165) is 58.5 Å². The highest BCUT2D eigenvalue weighted by molar-refractivity contribution is 5.61. The first-order chi connectivity index (χ1) is 13.3. The summed E-state index contributed by atoms with van der Waals surface area (Å²) >= 11 is 0. The van der Waals surface area contributed by atoms with Crippen LogP contribution in [0.15, 0.2) is 60.7 Å². The number of fused-ring (bicyclic) bond motifs is 1. The average Bonchev–Trinajstić information content (AvgIpc) is 2.74. The summed E-state index contributed by atoms with van der Waals surface area (Å²) in [4.78, 5) is 17.2. The van der Waals surface area contributed by atoms with Gasteiger partial charge < -0.3 is 9.69 Å². The Morgan fingerprint density at radius 1 is 0.926 bits per heavy atom. The molecule has 2 fully saturated rings. The quantitative estimate of drug-likeness (QED) is 0.733. The normalized spacial score (nSPS) is 26.4. The van der Waals surface area contributed by atoms with Crippen molar-refractivity contribution < 1.29 is 4.79 Å². The molecule has 0 bridgehead atoms. The first-order valence-electron chi connectivity index (χ1n) is 10.3. The van der Waals surface area contributed by atoms with Crippen LogP contribution in [0.5, 0.6) is 0 Å². The van der Waals surface area contributed by atoms with Gasteiger partial charge in [0.05, 0.1) is 0 Å². The molecule has 0 aromatic heterocycles. The summed E-state index contributed by atoms with van der Waals surface area (Å²) < 4.78 is 0. The van der Waals surface area contributed by atoms with Crippen LogP contribution in [0.25, 0.3) is 0 Å². The summed E-state index contributed by atoms with van der Waals surface area (Å²) in [6.45, 7) is 6.19. The third-order valence-electron chi connectivity index (χ3n) is 6.54. The Bertz CT molecular complexity index is 733. The van der Waals surface area contributed by atoms with Gasteiger partial charge in [0.2, 0.25) is 0 Å². The van der Waals surface area contributed by atoms with E-state index in [9.17, 15) is 4.79 Å². The lowest BCUT2D eigenvalue weighted by Gasteiger charge is -2.50. The van der Waals surface area contributed by atoms with Crippen LogP contribution >= 0.6 is 0 Å². The molecule has 0 N–H and O–H groups in total. The molecule has 4 rings (SSSR count). The fourth-order valence-electron chi connectivity index (χ4n) is 4.88. The summed E-state index contributed by atoms with van der Waals surface area (Å²) in [7, 11) is 0. The van der Waals surface area contributed by atoms with Crippen molar-refractivity contribution in [3.63, 3.8) is 0 Å². The fraction of sp³-hybridized carbons (Fsp3) is 0.458. The molecule has 3 heteroatoms. The topological polar surface area (TPSA) is 23.6 Å². The van der Waals surface area contributed by atoms with E-state index in [1.807, 2.05) is 0 Å². The molecule has 2 saturated heterocycles. The van der Waals surface area contributed by atoms with Gasteiger partial charge in [-0.1, -0.05) is 60.7 Å². The Hall–Kier alpha value is -1.97. The number of carbonyl (C=O) groups is 1. The van der Waals surface area contributed by atoms with Crippen LogP contribution in [0.4, 0.5) is 0 Å². The second kappa shape index (κ2) is 8.37. The molecule has 2 unspecified atom stereocenters. The number of rotatable bonds is 6. The molecule has 2 aliphatic heterocycles. The fourth-order valence-corrected chi connectivity index (χ4v) is 4.88. The predicted octanol–water partition coefficient (Wildman–Crippen LogP) is 3.64. The summed E-state index contributed by atoms with van der Waals surface area (Å²) in [5, 5.41) is 0. The Morgan fingerprint density at radius 3 is 2.33 bits per heavy atom. The van der Waals surface area contributed by atoms with Crippen LogP contribution in [-0.2, 0) is 17.8 Å². The van der Waals surface area contributed by atoms with E-state index >= 15 is 0 Å². The summed E-state index contributed by atoms with van der Waals surface area (Å²) in [5.41, 5.74) is 2.62. The van der Waals surface area contributed by atoms with E-state index in [1.54, 1.807) is 0 Å². The van der Waals surface area contributed by atoms with Gasteiger partial charge in [-0.05, 0) is 49.4 Å². The van der Waals surface area contributed by atoms with E-state index < -0.39 is 0 Å². The summed E-state index contributed by atoms with van der Waals surface area (Å²) in [5.74, 6) is 0.500. The molecule has 3 nitrogen and oxygen atoms in total. The zero-order valence-corrected chi connectivity index (χ0v) is 16.1. The third-order valence-corrected chi connectivity index (χ3v) is 6.54. The van der Waals surface area contributed by atoms with Gasteiger partial charge in [0.25, 0.3) is 0 Å². The molecule has 142 valence electrons. The summed E-state index contributed by atoms with van der Waals surface area (Å²) in [6, 6.07) is 21.4. The molecule has 2 aliphatic rings. The molecule has 0 saturated carbocycles. The second-order valence-corrected chi connectivity index (χ2v) is 8.32. The van der Waals surface area contributed by atoms with Crippen LogP contribution in [0.3, 0.4) is 0 Å². The molecule has 27 heavy (non-hydrogen) atoms. The van der Waals surface area contributed by atoms with E-state index in [2.05, 4.69) is 70.5 Å². The maximum absolute atomic E-state index is 12.2. The van der Waals surface area contributed by atoms with E-state index in [0.29, 0.717) is 5.92 Å². The van der Waals surface area contributed by atoms with Crippen molar-refractivity contribution in [1.82, 2.24) is 9.80 Å². The van der Waals surface area contributed by atoms with Crippen molar-refractivity contribution in [3.8, 4) is 0 Å². The first-order valence-corrected chi connectivity index (χ1v) is 10.3. The van der Waals surface area contributed by atoms with E-state index in [4.69, 9.17) is 0 Å². The van der Waals surface area contributed by atoms with Crippen molar-refractivity contribution in [2.45, 2.75) is 25.8 Å². The molecule has 0 radical (unpaired) electrons. The zero-order valence-electron chi connectivity index (χ0n) is 16.1. The van der Waals surface area contributed by atoms with Gasteiger partial charge in [0.15, 0.2) is 0 Å². The lowest BCUT2D eigenvalue weighted by atomic mass is 9.67. The highest BCUT2D eigenvalue weighted by Crippen LogP contribution is 2.41. The Labute approximate surface area is 163 Å². The smallest absolute Gasteiger partial charge is 0.127 e. The standard InChI is InChI=1S/C24H30N2O/c27-20-24-13-16-26(17-22-9-5-2-6-10-22)18-23(24)12-15-25(19-24)14-11-21-7-3-1-4-8-21/h1-10,20,23H,11-19H2. The SMILES string of the molecule is O=CC12CCN(Cc3ccccc3)CC1CCN(CCc1ccccc1)C2. The second-order valence-electron chi connectivity index (χ2n) is 8.32. The number of hydrogen-bond donors (Lipinski definition) is 0. The minimum absolute atomic E-state index is 0.137. The number of aldehydes is 1. The number of likely N-dealkylation sites (tertiary alicyclic amines) is 2. The maximum Gasteiger partial charge on any atom is 0.127 e. The molecule has 2 heterocycles. The summed E-state index contributed by atoms with van der Waals surface area (Å²) in [6.07, 6.45) is 4.50. The first kappa shape index (κ1) is 18.4. The highest BCUT2D eigenvalue weighted by Gasteiger charge is 2.46. The number of benzene rings is 2. The third kappa shape index (κ3) is 4.31. The van der Waals surface area contributed by atoms with Gasteiger partial charge in [-0.2, -0.15) is 0 Å². The zero-order chi connectivity index (χ0) is 18.5. The largest absolute Gasteiger partial charge is 0.303 e. The Morgan fingerprint density at radius 2 is 1.63 bits per heavy atom. The highest BCUT2D eigenvalue weighted by atomic mass is 16.1. The van der Waals surface area contributed by atoms with E-state index in [1.165, 1.54) is 17.4 Å². The average molecular weight is 363 g/mol. The van der Waals surface area contributed by atoms with Gasteiger partial charge in [-0.15, -0.1) is 0 Å². The van der Waals surface area contributed by atoms with Crippen molar-refractivity contribution >= 4 is 6.29 Å². The lowest BCUT2D eigenvalue weighted by molar-refractivity contribution is -0.129. The molecular weight excluding hydrogens is 332 g/mol. The molecule has 0 amide bonds. The van der Waals surface area contributed by atoms with Crippen molar-refractivity contribution in [2.75, 3.05) is 32.7 Å². The predicted molar refractivity (Wildman–Crippen MR) is 110 cm³/mol. The number of nitrogens with zero attached hydrogens (tertiary/aromatic N) is 2. The maximum atomic E-state index is 12.2. The van der Waals surface area contributed by atoms with Crippen molar-refractivity contribution in [1.29, 1.82) is 0 Å². The van der Waals surface area contributed by atoms with Gasteiger partial charge in [-0.3, -0.25) is 4.90 Å². The van der Waals surface area contributed by atoms with Gasteiger partial charge >= 0.3 is 0 Å². The molecular formula is C24H30N2O. The Balaban J connectivity index is 1.35. The number of hydrogen-bond acceptors (Lipinski definition) is 3. The van der Waals surface area contributed by atoms with Crippen LogP contribution in [-0.4, -0.2) is 48.8 Å². The van der Waals surface area contributed by atoms with Gasteiger partial charge in [0.1, 0.15) is 6.29 Å². The van der Waals surface area contributed by atoms with Crippen LogP contribution < -0.4 is 0 Å². The molecule has 0 spiro atoms. The lowest BCUT2D eigenvalue weighted by Crippen LogP contribution is -2.57. The number of carbonyl (C=O) groups excluding carboxylic acids is 1. The van der Waals surface area contributed by atoms with Crippen LogP contribution in [0, 0.1) is 11.3 Å². The molecule has 0 aliphatic carbocycles. The van der Waals surface area contributed by atoms with Crippen molar-refractivity contribution in [2.24, 2.45) is 11.3 Å². The minimum Gasteiger partial charge on any atom is -0.303 e. The molecule has 2 atom stereocenters. The van der Waals surface area contributed by atoms with Crippen LogP contribution in [0.1, 0.15) is 24.0 Å². The monoisotopic (exact) mass is 362 g/mol. The number of piperidine rings is 2. The molecule has 2 aromatic rings. The minimum atomic E-state index is -0.137. The van der Waals surface area contributed by atoms with E-state index in [-0.39, 0.29) is 5.41 Å². The van der Waals surface area contributed by atoms with Crippen LogP contribution in [0.2, 0.25) is 0 Å².